The summed E-state index contributed by atoms with van der Waals surface area (Å²) in [5.74, 6) is 2.57. The molecule has 0 aliphatic heterocycles. The first kappa shape index (κ1) is 15.1. The van der Waals surface area contributed by atoms with Crippen LogP contribution in [0, 0.1) is 6.92 Å². The topological polar surface area (TPSA) is 69.9 Å². The largest absolute Gasteiger partial charge is 0.462 e. The van der Waals surface area contributed by atoms with Crippen molar-refractivity contribution in [1.82, 2.24) is 19.9 Å². The molecule has 0 amide bonds. The number of hydrogen-bond donors (Lipinski definition) is 0. The Bertz CT molecular complexity index is 1040. The van der Waals surface area contributed by atoms with Gasteiger partial charge in [0.25, 0.3) is 5.89 Å². The van der Waals surface area contributed by atoms with Crippen molar-refractivity contribution >= 4 is 12.2 Å². The number of hydrogen-bond acceptors (Lipinski definition) is 5. The Morgan fingerprint density at radius 3 is 2.68 bits per heavy atom. The van der Waals surface area contributed by atoms with E-state index in [9.17, 15) is 0 Å². The van der Waals surface area contributed by atoms with Crippen molar-refractivity contribution in [3.63, 3.8) is 0 Å². The van der Waals surface area contributed by atoms with Gasteiger partial charge in [-0.05, 0) is 37.3 Å². The lowest BCUT2D eigenvalue weighted by atomic mass is 10.1. The maximum Gasteiger partial charge on any atom is 0.251 e. The van der Waals surface area contributed by atoms with Crippen LogP contribution in [0.4, 0.5) is 0 Å². The summed E-state index contributed by atoms with van der Waals surface area (Å²) in [6, 6.07) is 13.7. The molecule has 1 aromatic carbocycles. The Morgan fingerprint density at radius 1 is 1.04 bits per heavy atom. The van der Waals surface area contributed by atoms with Crippen LogP contribution < -0.4 is 0 Å². The van der Waals surface area contributed by atoms with Gasteiger partial charge in [0.05, 0.1) is 5.69 Å². The van der Waals surface area contributed by atoms with E-state index < -0.39 is 0 Å². The van der Waals surface area contributed by atoms with E-state index in [0.717, 1.165) is 28.3 Å². The second-order valence-corrected chi connectivity index (χ2v) is 5.66. The van der Waals surface area contributed by atoms with Gasteiger partial charge >= 0.3 is 0 Å². The Balaban J connectivity index is 1.60. The van der Waals surface area contributed by atoms with Crippen molar-refractivity contribution in [2.45, 2.75) is 6.92 Å². The summed E-state index contributed by atoms with van der Waals surface area (Å²) in [4.78, 5) is 4.42. The van der Waals surface area contributed by atoms with Crippen LogP contribution in [-0.2, 0) is 7.05 Å². The fourth-order valence-electron chi connectivity index (χ4n) is 2.59. The first-order valence-electron chi connectivity index (χ1n) is 7.86. The molecular formula is C19H16N4O2. The average molecular weight is 332 g/mol. The number of furan rings is 1. The van der Waals surface area contributed by atoms with Crippen molar-refractivity contribution in [2.24, 2.45) is 7.05 Å². The molecule has 0 aliphatic rings. The summed E-state index contributed by atoms with van der Waals surface area (Å²) in [5, 5.41) is 8.26. The highest BCUT2D eigenvalue weighted by molar-refractivity contribution is 5.69. The molecule has 6 nitrogen and oxygen atoms in total. The molecule has 25 heavy (non-hydrogen) atoms. The van der Waals surface area contributed by atoms with Crippen LogP contribution in [0.5, 0.6) is 0 Å². The molecule has 0 saturated heterocycles. The molecule has 4 aromatic rings. The van der Waals surface area contributed by atoms with Crippen molar-refractivity contribution in [2.75, 3.05) is 0 Å². The predicted molar refractivity (Wildman–Crippen MR) is 94.3 cm³/mol. The third-order valence-electron chi connectivity index (χ3n) is 3.83. The van der Waals surface area contributed by atoms with E-state index in [1.807, 2.05) is 61.1 Å². The number of aromatic nitrogens is 4. The maximum atomic E-state index is 5.48. The first-order valence-corrected chi connectivity index (χ1v) is 7.86. The molecule has 4 rings (SSSR count). The second-order valence-electron chi connectivity index (χ2n) is 5.66. The van der Waals surface area contributed by atoms with Crippen molar-refractivity contribution in [3.05, 3.63) is 66.1 Å². The Kier molecular flexibility index (Phi) is 3.78. The molecule has 3 aromatic heterocycles. The van der Waals surface area contributed by atoms with Crippen LogP contribution in [0.2, 0.25) is 0 Å². The van der Waals surface area contributed by atoms with Gasteiger partial charge in [-0.2, -0.15) is 10.1 Å². The Morgan fingerprint density at radius 2 is 1.92 bits per heavy atom. The van der Waals surface area contributed by atoms with Crippen LogP contribution in [-0.4, -0.2) is 19.9 Å². The van der Waals surface area contributed by atoms with E-state index in [2.05, 4.69) is 15.2 Å². The fourth-order valence-corrected chi connectivity index (χ4v) is 2.59. The van der Waals surface area contributed by atoms with Gasteiger partial charge < -0.3 is 8.94 Å². The Hall–Kier alpha value is -3.41. The summed E-state index contributed by atoms with van der Waals surface area (Å²) in [5.41, 5.74) is 2.96. The average Bonchev–Trinajstić information content (AvgIpc) is 3.34. The summed E-state index contributed by atoms with van der Waals surface area (Å²) in [7, 11) is 1.91. The maximum absolute atomic E-state index is 5.48. The summed E-state index contributed by atoms with van der Waals surface area (Å²) < 4.78 is 12.6. The number of benzene rings is 1. The molecule has 0 N–H and O–H groups in total. The minimum absolute atomic E-state index is 0.426. The van der Waals surface area contributed by atoms with E-state index in [1.54, 1.807) is 18.3 Å². The summed E-state index contributed by atoms with van der Waals surface area (Å²) >= 11 is 0. The van der Waals surface area contributed by atoms with Gasteiger partial charge in [0.1, 0.15) is 11.5 Å². The van der Waals surface area contributed by atoms with Gasteiger partial charge in [-0.3, -0.25) is 4.68 Å². The van der Waals surface area contributed by atoms with Gasteiger partial charge in [0, 0.05) is 30.4 Å². The van der Waals surface area contributed by atoms with Crippen LogP contribution in [0.15, 0.2) is 57.6 Å². The van der Waals surface area contributed by atoms with Crippen LogP contribution >= 0.6 is 0 Å². The molecular weight excluding hydrogens is 316 g/mol. The molecule has 0 atom stereocenters. The van der Waals surface area contributed by atoms with Crippen molar-refractivity contribution < 1.29 is 8.94 Å². The van der Waals surface area contributed by atoms with Gasteiger partial charge in [-0.1, -0.05) is 23.4 Å². The van der Waals surface area contributed by atoms with Crippen LogP contribution in [0.25, 0.3) is 34.8 Å². The van der Waals surface area contributed by atoms with Crippen LogP contribution in [0.3, 0.4) is 0 Å². The van der Waals surface area contributed by atoms with E-state index in [-0.39, 0.29) is 0 Å². The Labute approximate surface area is 144 Å². The lowest BCUT2D eigenvalue weighted by Gasteiger charge is -2.03. The lowest BCUT2D eigenvalue weighted by molar-refractivity contribution is 0.411. The van der Waals surface area contributed by atoms with Gasteiger partial charge in [0.15, 0.2) is 0 Å². The van der Waals surface area contributed by atoms with Crippen molar-refractivity contribution in [1.29, 1.82) is 0 Å². The highest BCUT2D eigenvalue weighted by Gasteiger charge is 2.09. The molecule has 6 heteroatoms. The third-order valence-corrected chi connectivity index (χ3v) is 3.83. The molecule has 0 radical (unpaired) electrons. The molecule has 0 fully saturated rings. The minimum Gasteiger partial charge on any atom is -0.462 e. The molecule has 0 aliphatic carbocycles. The number of nitrogens with zero attached hydrogens (tertiary/aromatic N) is 4. The van der Waals surface area contributed by atoms with E-state index in [4.69, 9.17) is 8.94 Å². The summed E-state index contributed by atoms with van der Waals surface area (Å²) in [6.45, 7) is 1.90. The van der Waals surface area contributed by atoms with E-state index in [0.29, 0.717) is 11.7 Å². The predicted octanol–water partition coefficient (Wildman–Crippen LogP) is 4.21. The quantitative estimate of drug-likeness (QED) is 0.560. The van der Waals surface area contributed by atoms with Gasteiger partial charge in [0.2, 0.25) is 5.82 Å². The number of rotatable bonds is 4. The molecule has 0 spiro atoms. The van der Waals surface area contributed by atoms with Gasteiger partial charge in [-0.25, -0.2) is 0 Å². The monoisotopic (exact) mass is 332 g/mol. The van der Waals surface area contributed by atoms with E-state index >= 15 is 0 Å². The molecule has 0 saturated carbocycles. The molecule has 124 valence electrons. The molecule has 0 unspecified atom stereocenters. The standard InChI is InChI=1S/C19H16N4O2/c1-13-6-7-16(24-13)8-9-18-21-19(22-25-18)15-5-3-4-14(12-15)17-10-11-20-23(17)2/h3-12H,1-2H3/b9-8+. The van der Waals surface area contributed by atoms with Crippen LogP contribution in [0.1, 0.15) is 17.4 Å². The zero-order valence-corrected chi connectivity index (χ0v) is 13.9. The highest BCUT2D eigenvalue weighted by atomic mass is 16.5. The van der Waals surface area contributed by atoms with E-state index in [1.165, 1.54) is 0 Å². The zero-order valence-electron chi connectivity index (χ0n) is 13.9. The molecule has 3 heterocycles. The first-order chi connectivity index (χ1) is 12.2. The smallest absolute Gasteiger partial charge is 0.251 e. The van der Waals surface area contributed by atoms with Crippen molar-refractivity contribution in [3.8, 4) is 22.6 Å². The molecule has 0 bridgehead atoms. The second kappa shape index (κ2) is 6.24. The lowest BCUT2D eigenvalue weighted by Crippen LogP contribution is -1.93. The van der Waals surface area contributed by atoms with Gasteiger partial charge in [-0.15, -0.1) is 0 Å². The third kappa shape index (κ3) is 3.14. The SMILES string of the molecule is Cc1ccc(/C=C/c2nc(-c3cccc(-c4ccnn4C)c3)no2)o1. The number of aryl methyl sites for hydroxylation is 2. The highest BCUT2D eigenvalue weighted by Crippen LogP contribution is 2.24. The zero-order chi connectivity index (χ0) is 17.2. The fraction of sp³-hybridized carbons (Fsp3) is 0.105. The normalized spacial score (nSPS) is 11.4. The minimum atomic E-state index is 0.426. The summed E-state index contributed by atoms with van der Waals surface area (Å²) in [6.07, 6.45) is 5.31.